The van der Waals surface area contributed by atoms with E-state index in [1.54, 1.807) is 43.6 Å². The summed E-state index contributed by atoms with van der Waals surface area (Å²) in [6.45, 7) is 0. The highest BCUT2D eigenvalue weighted by atomic mass is 35.5. The van der Waals surface area contributed by atoms with E-state index < -0.39 is 0 Å². The quantitative estimate of drug-likeness (QED) is 0.383. The number of aromatic nitrogens is 1. The third-order valence-electron chi connectivity index (χ3n) is 4.50. The fraction of sp³-hybridized carbons (Fsp3) is 0.0909. The highest BCUT2D eigenvalue weighted by molar-refractivity contribution is 8.26. The summed E-state index contributed by atoms with van der Waals surface area (Å²) in [7, 11) is 1.66. The molecule has 0 radical (unpaired) electrons. The van der Waals surface area contributed by atoms with Crippen molar-refractivity contribution < 1.29 is 9.59 Å². The third-order valence-corrected chi connectivity index (χ3v) is 7.13. The van der Waals surface area contributed by atoms with Gasteiger partial charge < -0.3 is 0 Å². The molecule has 1 N–H and O–H groups in total. The first-order valence-electron chi connectivity index (χ1n) is 9.21. The van der Waals surface area contributed by atoms with Crippen LogP contribution >= 0.6 is 46.9 Å². The van der Waals surface area contributed by atoms with E-state index >= 15 is 0 Å². The fourth-order valence-electron chi connectivity index (χ4n) is 2.89. The lowest BCUT2D eigenvalue weighted by Gasteiger charge is -2.04. The van der Waals surface area contributed by atoms with E-state index in [-0.39, 0.29) is 11.8 Å². The van der Waals surface area contributed by atoms with Crippen molar-refractivity contribution in [2.24, 2.45) is 0 Å². The summed E-state index contributed by atoms with van der Waals surface area (Å²) in [6, 6.07) is 14.7. The zero-order valence-corrected chi connectivity index (χ0v) is 19.5. The van der Waals surface area contributed by atoms with Crippen LogP contribution in [0.25, 0.3) is 6.08 Å². The maximum atomic E-state index is 12.6. The van der Waals surface area contributed by atoms with Crippen molar-refractivity contribution in [1.82, 2.24) is 9.88 Å². The number of carbonyl (C=O) groups excluding carboxylic acids is 2. The van der Waals surface area contributed by atoms with Crippen molar-refractivity contribution in [2.45, 2.75) is 6.42 Å². The van der Waals surface area contributed by atoms with Crippen LogP contribution in [-0.2, 0) is 11.2 Å². The Bertz CT molecular complexity index is 1200. The van der Waals surface area contributed by atoms with Gasteiger partial charge in [0.05, 0.1) is 4.91 Å². The molecule has 2 amide bonds. The van der Waals surface area contributed by atoms with Gasteiger partial charge in [-0.05, 0) is 41.5 Å². The van der Waals surface area contributed by atoms with E-state index in [9.17, 15) is 9.59 Å². The van der Waals surface area contributed by atoms with Crippen LogP contribution in [0.1, 0.15) is 26.4 Å². The molecule has 2 heterocycles. The van der Waals surface area contributed by atoms with E-state index in [1.165, 1.54) is 28.0 Å². The van der Waals surface area contributed by atoms with Crippen molar-refractivity contribution in [3.05, 3.63) is 86.2 Å². The van der Waals surface area contributed by atoms with Crippen molar-refractivity contribution in [3.8, 4) is 0 Å². The second-order valence-electron chi connectivity index (χ2n) is 6.76. The van der Waals surface area contributed by atoms with Crippen molar-refractivity contribution in [2.75, 3.05) is 12.4 Å². The molecule has 1 saturated heterocycles. The smallest absolute Gasteiger partial charge is 0.265 e. The molecule has 1 fully saturated rings. The number of thiazole rings is 1. The summed E-state index contributed by atoms with van der Waals surface area (Å²) < 4.78 is 0.533. The molecule has 1 aliphatic rings. The van der Waals surface area contributed by atoms with Crippen molar-refractivity contribution >= 4 is 74.3 Å². The predicted molar refractivity (Wildman–Crippen MR) is 132 cm³/mol. The number of amides is 2. The van der Waals surface area contributed by atoms with E-state index in [2.05, 4.69) is 10.3 Å². The maximum absolute atomic E-state index is 12.6. The molecule has 5 nitrogen and oxygen atoms in total. The van der Waals surface area contributed by atoms with Gasteiger partial charge in [0.25, 0.3) is 11.8 Å². The van der Waals surface area contributed by atoms with E-state index in [4.69, 9.17) is 23.8 Å². The van der Waals surface area contributed by atoms with Crippen LogP contribution in [0.2, 0.25) is 5.02 Å². The predicted octanol–water partition coefficient (Wildman–Crippen LogP) is 5.47. The number of thiocarbonyl (C=S) groups is 1. The summed E-state index contributed by atoms with van der Waals surface area (Å²) in [5, 5.41) is 4.07. The molecule has 0 aliphatic carbocycles. The molecular formula is C22H16ClN3O2S3. The van der Waals surface area contributed by atoms with Crippen LogP contribution in [0.5, 0.6) is 0 Å². The lowest BCUT2D eigenvalue weighted by Crippen LogP contribution is -2.22. The number of hydrogen-bond acceptors (Lipinski definition) is 6. The lowest BCUT2D eigenvalue weighted by atomic mass is 10.1. The molecule has 1 aliphatic heterocycles. The molecule has 0 unspecified atom stereocenters. The van der Waals surface area contributed by atoms with Crippen LogP contribution in [-0.4, -0.2) is 33.1 Å². The van der Waals surface area contributed by atoms with Gasteiger partial charge in [0.15, 0.2) is 5.13 Å². The number of nitrogens with one attached hydrogen (secondary N) is 1. The van der Waals surface area contributed by atoms with E-state index in [0.717, 1.165) is 16.0 Å². The summed E-state index contributed by atoms with van der Waals surface area (Å²) in [6.07, 6.45) is 4.23. The first-order valence-corrected chi connectivity index (χ1v) is 11.6. The van der Waals surface area contributed by atoms with Crippen molar-refractivity contribution in [3.63, 3.8) is 0 Å². The molecule has 0 spiro atoms. The topological polar surface area (TPSA) is 62.3 Å². The minimum absolute atomic E-state index is 0.117. The second kappa shape index (κ2) is 9.32. The largest absolute Gasteiger partial charge is 0.298 e. The summed E-state index contributed by atoms with van der Waals surface area (Å²) >= 11 is 13.9. The zero-order chi connectivity index (χ0) is 22.0. The molecule has 2 aromatic carbocycles. The summed E-state index contributed by atoms with van der Waals surface area (Å²) in [4.78, 5) is 32.0. The van der Waals surface area contributed by atoms with Gasteiger partial charge in [0, 0.05) is 35.1 Å². The van der Waals surface area contributed by atoms with Crippen LogP contribution < -0.4 is 5.32 Å². The van der Waals surface area contributed by atoms with Crippen LogP contribution in [0.3, 0.4) is 0 Å². The Balaban J connectivity index is 1.40. The number of anilines is 1. The number of thioether (sulfide) groups is 1. The number of carbonyl (C=O) groups is 2. The number of hydrogen-bond donors (Lipinski definition) is 1. The molecule has 156 valence electrons. The van der Waals surface area contributed by atoms with E-state index in [1.807, 2.05) is 24.3 Å². The van der Waals surface area contributed by atoms with Crippen LogP contribution in [0.4, 0.5) is 5.13 Å². The first kappa shape index (κ1) is 21.7. The van der Waals surface area contributed by atoms with Crippen LogP contribution in [0, 0.1) is 0 Å². The molecule has 0 bridgehead atoms. The Morgan fingerprint density at radius 3 is 2.71 bits per heavy atom. The van der Waals surface area contributed by atoms with E-state index in [0.29, 0.717) is 31.4 Å². The normalized spacial score (nSPS) is 15.0. The fourth-order valence-corrected chi connectivity index (χ4v) is 5.13. The zero-order valence-electron chi connectivity index (χ0n) is 16.3. The Hall–Kier alpha value is -2.52. The molecule has 3 aromatic rings. The van der Waals surface area contributed by atoms with Gasteiger partial charge in [0.1, 0.15) is 4.32 Å². The molecule has 1 aromatic heterocycles. The molecule has 0 atom stereocenters. The van der Waals surface area contributed by atoms with Gasteiger partial charge in [0.2, 0.25) is 0 Å². The Morgan fingerprint density at radius 2 is 2.03 bits per heavy atom. The van der Waals surface area contributed by atoms with Gasteiger partial charge in [-0.15, -0.1) is 11.3 Å². The first-order chi connectivity index (χ1) is 14.9. The maximum Gasteiger partial charge on any atom is 0.265 e. The molecule has 31 heavy (non-hydrogen) atoms. The number of nitrogens with zero attached hydrogens (tertiary/aromatic N) is 2. The third kappa shape index (κ3) is 5.22. The monoisotopic (exact) mass is 485 g/mol. The molecule has 0 saturated carbocycles. The lowest BCUT2D eigenvalue weighted by molar-refractivity contribution is -0.121. The Kier molecular flexibility index (Phi) is 6.52. The standard InChI is InChI=1S/C22H16ClN3O2S3/c1-26-20(28)18(31-22(26)29)11-13-5-7-15(8-6-13)19(27)25-21-24-12-17(30-21)10-14-3-2-4-16(23)9-14/h2-9,11-12H,10H2,1H3,(H,24,25,27)/b18-11-. The van der Waals surface area contributed by atoms with Gasteiger partial charge >= 0.3 is 0 Å². The highest BCUT2D eigenvalue weighted by Crippen LogP contribution is 2.31. The average Bonchev–Trinajstić information content (AvgIpc) is 3.28. The Labute approximate surface area is 198 Å². The Morgan fingerprint density at radius 1 is 1.26 bits per heavy atom. The SMILES string of the molecule is CN1C(=O)/C(=C/c2ccc(C(=O)Nc3ncc(Cc4cccc(Cl)c4)s3)cc2)SC1=S. The molecule has 9 heteroatoms. The minimum atomic E-state index is -0.241. The van der Waals surface area contributed by atoms with Crippen molar-refractivity contribution in [1.29, 1.82) is 0 Å². The molecular weight excluding hydrogens is 470 g/mol. The highest BCUT2D eigenvalue weighted by Gasteiger charge is 2.28. The number of rotatable bonds is 5. The number of likely N-dealkylation sites (N-methyl/N-ethyl adjacent to an activating group) is 1. The number of benzene rings is 2. The number of halogens is 1. The van der Waals surface area contributed by atoms with Gasteiger partial charge in [-0.2, -0.15) is 0 Å². The summed E-state index contributed by atoms with van der Waals surface area (Å²) in [5.41, 5.74) is 2.42. The van der Waals surface area contributed by atoms with Gasteiger partial charge in [-0.1, -0.05) is 59.8 Å². The minimum Gasteiger partial charge on any atom is -0.298 e. The summed E-state index contributed by atoms with van der Waals surface area (Å²) in [5.74, 6) is -0.357. The van der Waals surface area contributed by atoms with Gasteiger partial charge in [-0.25, -0.2) is 4.98 Å². The second-order valence-corrected chi connectivity index (χ2v) is 9.98. The van der Waals surface area contributed by atoms with Crippen LogP contribution in [0.15, 0.2) is 59.6 Å². The molecule has 4 rings (SSSR count). The van der Waals surface area contributed by atoms with Gasteiger partial charge in [-0.3, -0.25) is 19.8 Å². The average molecular weight is 486 g/mol.